The van der Waals surface area contributed by atoms with E-state index in [1.165, 1.54) is 25.0 Å². The molecule has 0 heterocycles. The summed E-state index contributed by atoms with van der Waals surface area (Å²) >= 11 is 0. The van der Waals surface area contributed by atoms with Crippen molar-refractivity contribution in [3.8, 4) is 12.3 Å². The lowest BCUT2D eigenvalue weighted by molar-refractivity contribution is 0.282. The third-order valence-electron chi connectivity index (χ3n) is 2.80. The SMILES string of the molecule is C#CCCCCCCCO.Cc1ccc(S(=O)(=O)O)cc1. The van der Waals surface area contributed by atoms with Gasteiger partial charge < -0.3 is 5.11 Å². The predicted octanol–water partition coefficient (Wildman–Crippen LogP) is 3.19. The maximum absolute atomic E-state index is 10.5. The second-order valence-electron chi connectivity index (χ2n) is 4.73. The highest BCUT2D eigenvalue weighted by molar-refractivity contribution is 7.85. The van der Waals surface area contributed by atoms with Crippen molar-refractivity contribution in [3.05, 3.63) is 29.8 Å². The summed E-state index contributed by atoms with van der Waals surface area (Å²) in [6.07, 6.45) is 11.6. The number of rotatable bonds is 7. The first-order chi connectivity index (χ1) is 9.91. The van der Waals surface area contributed by atoms with Crippen molar-refractivity contribution in [2.24, 2.45) is 0 Å². The van der Waals surface area contributed by atoms with Crippen LogP contribution in [0, 0.1) is 19.3 Å². The van der Waals surface area contributed by atoms with Crippen LogP contribution in [0.15, 0.2) is 29.2 Å². The molecule has 4 nitrogen and oxygen atoms in total. The Balaban J connectivity index is 0.000000384. The second-order valence-corrected chi connectivity index (χ2v) is 6.16. The van der Waals surface area contributed by atoms with Crippen LogP contribution in [0.2, 0.25) is 0 Å². The molecule has 0 aliphatic heterocycles. The summed E-state index contributed by atoms with van der Waals surface area (Å²) in [4.78, 5) is -0.0666. The molecule has 0 aromatic heterocycles. The Morgan fingerprint density at radius 2 is 1.57 bits per heavy atom. The lowest BCUT2D eigenvalue weighted by Crippen LogP contribution is -1.96. The molecule has 0 amide bonds. The summed E-state index contributed by atoms with van der Waals surface area (Å²) in [6.45, 7) is 2.17. The molecule has 1 aromatic rings. The molecule has 118 valence electrons. The van der Waals surface area contributed by atoms with Crippen molar-refractivity contribution in [1.82, 2.24) is 0 Å². The Morgan fingerprint density at radius 1 is 1.05 bits per heavy atom. The smallest absolute Gasteiger partial charge is 0.294 e. The molecule has 0 fully saturated rings. The van der Waals surface area contributed by atoms with Crippen molar-refractivity contribution < 1.29 is 18.1 Å². The lowest BCUT2D eigenvalue weighted by atomic mass is 10.1. The maximum atomic E-state index is 10.5. The minimum atomic E-state index is -4.02. The average Bonchev–Trinajstić information content (AvgIpc) is 2.43. The molecular formula is C16H24O4S. The summed E-state index contributed by atoms with van der Waals surface area (Å²) in [5, 5.41) is 8.44. The molecule has 0 atom stereocenters. The molecule has 0 unspecified atom stereocenters. The van der Waals surface area contributed by atoms with Crippen LogP contribution >= 0.6 is 0 Å². The van der Waals surface area contributed by atoms with Gasteiger partial charge in [-0.25, -0.2) is 0 Å². The fraction of sp³-hybridized carbons (Fsp3) is 0.500. The quantitative estimate of drug-likeness (QED) is 0.460. The molecule has 21 heavy (non-hydrogen) atoms. The number of hydrogen-bond acceptors (Lipinski definition) is 3. The second kappa shape index (κ2) is 11.3. The highest BCUT2D eigenvalue weighted by Gasteiger charge is 2.06. The Morgan fingerprint density at radius 3 is 2.05 bits per heavy atom. The van der Waals surface area contributed by atoms with Crippen LogP contribution < -0.4 is 0 Å². The first-order valence-corrected chi connectivity index (χ1v) is 8.44. The van der Waals surface area contributed by atoms with E-state index in [-0.39, 0.29) is 4.90 Å². The van der Waals surface area contributed by atoms with E-state index in [4.69, 9.17) is 16.1 Å². The van der Waals surface area contributed by atoms with E-state index in [9.17, 15) is 8.42 Å². The van der Waals surface area contributed by atoms with Crippen molar-refractivity contribution >= 4 is 10.1 Å². The standard InChI is InChI=1S/C9H16O.C7H8O3S/c1-2-3-4-5-6-7-8-9-10;1-6-2-4-7(5-3-6)11(8,9)10/h1,10H,3-9H2;2-5H,1H3,(H,8,9,10). The summed E-state index contributed by atoms with van der Waals surface area (Å²) in [7, 11) is -4.02. The number of unbranched alkanes of at least 4 members (excludes halogenated alkanes) is 5. The minimum absolute atomic E-state index is 0.0666. The topological polar surface area (TPSA) is 74.6 Å². The van der Waals surface area contributed by atoms with Crippen LogP contribution in [0.3, 0.4) is 0 Å². The van der Waals surface area contributed by atoms with Gasteiger partial charge in [0.2, 0.25) is 0 Å². The van der Waals surface area contributed by atoms with Crippen molar-refractivity contribution in [3.63, 3.8) is 0 Å². The molecular weight excluding hydrogens is 288 g/mol. The third-order valence-corrected chi connectivity index (χ3v) is 3.67. The highest BCUT2D eigenvalue weighted by Crippen LogP contribution is 2.08. The zero-order valence-corrected chi connectivity index (χ0v) is 13.3. The Kier molecular flexibility index (Phi) is 10.6. The monoisotopic (exact) mass is 312 g/mol. The summed E-state index contributed by atoms with van der Waals surface area (Å²) < 4.78 is 29.6. The van der Waals surface area contributed by atoms with Gasteiger partial charge in [-0.1, -0.05) is 37.0 Å². The van der Waals surface area contributed by atoms with Crippen LogP contribution in [0.25, 0.3) is 0 Å². The minimum Gasteiger partial charge on any atom is -0.396 e. The largest absolute Gasteiger partial charge is 0.396 e. The van der Waals surface area contributed by atoms with E-state index >= 15 is 0 Å². The zero-order chi connectivity index (χ0) is 16.1. The van der Waals surface area contributed by atoms with Gasteiger partial charge in [0.25, 0.3) is 10.1 Å². The number of hydrogen-bond donors (Lipinski definition) is 2. The summed E-state index contributed by atoms with van der Waals surface area (Å²) in [6, 6.07) is 5.99. The average molecular weight is 312 g/mol. The first-order valence-electron chi connectivity index (χ1n) is 7.00. The van der Waals surface area contributed by atoms with Crippen LogP contribution in [0.5, 0.6) is 0 Å². The third kappa shape index (κ3) is 11.0. The van der Waals surface area contributed by atoms with E-state index < -0.39 is 10.1 Å². The molecule has 0 aliphatic carbocycles. The molecule has 0 saturated heterocycles. The normalized spacial score (nSPS) is 10.4. The van der Waals surface area contributed by atoms with Gasteiger partial charge in [0.15, 0.2) is 0 Å². The Labute approximate surface area is 128 Å². The van der Waals surface area contributed by atoms with Crippen molar-refractivity contribution in [1.29, 1.82) is 0 Å². The molecule has 0 bridgehead atoms. The van der Waals surface area contributed by atoms with E-state index in [0.29, 0.717) is 6.61 Å². The highest BCUT2D eigenvalue weighted by atomic mass is 32.2. The molecule has 1 aromatic carbocycles. The first kappa shape index (κ1) is 19.7. The van der Waals surface area contributed by atoms with Gasteiger partial charge >= 0.3 is 0 Å². The number of aryl methyl sites for hydroxylation is 1. The maximum Gasteiger partial charge on any atom is 0.294 e. The molecule has 0 radical (unpaired) electrons. The van der Waals surface area contributed by atoms with Gasteiger partial charge in [0, 0.05) is 13.0 Å². The molecule has 0 spiro atoms. The van der Waals surface area contributed by atoms with Crippen LogP contribution in [-0.2, 0) is 10.1 Å². The Bertz CT molecular complexity index is 512. The van der Waals surface area contributed by atoms with Crippen molar-refractivity contribution in [2.45, 2.75) is 50.3 Å². The summed E-state index contributed by atoms with van der Waals surface area (Å²) in [5.41, 5.74) is 0.956. The molecule has 5 heteroatoms. The van der Waals surface area contributed by atoms with Crippen molar-refractivity contribution in [2.75, 3.05) is 6.61 Å². The molecule has 0 saturated carbocycles. The Hall–Kier alpha value is -1.35. The molecule has 0 aliphatic rings. The van der Waals surface area contributed by atoms with E-state index in [0.717, 1.165) is 31.2 Å². The van der Waals surface area contributed by atoms with E-state index in [1.807, 2.05) is 6.92 Å². The fourth-order valence-electron chi connectivity index (χ4n) is 1.58. The van der Waals surface area contributed by atoms with Gasteiger partial charge in [0.1, 0.15) is 0 Å². The van der Waals surface area contributed by atoms with Gasteiger partial charge in [-0.2, -0.15) is 8.42 Å². The van der Waals surface area contributed by atoms with Crippen LogP contribution in [0.4, 0.5) is 0 Å². The van der Waals surface area contributed by atoms with Gasteiger partial charge in [-0.3, -0.25) is 4.55 Å². The predicted molar refractivity (Wildman–Crippen MR) is 84.6 cm³/mol. The zero-order valence-electron chi connectivity index (χ0n) is 12.5. The van der Waals surface area contributed by atoms with Gasteiger partial charge in [-0.15, -0.1) is 12.3 Å². The number of aliphatic hydroxyl groups excluding tert-OH is 1. The van der Waals surface area contributed by atoms with E-state index in [2.05, 4.69) is 5.92 Å². The number of aliphatic hydroxyl groups is 1. The van der Waals surface area contributed by atoms with E-state index in [1.54, 1.807) is 12.1 Å². The molecule has 1 rings (SSSR count). The summed E-state index contributed by atoms with van der Waals surface area (Å²) in [5.74, 6) is 2.61. The number of benzene rings is 1. The van der Waals surface area contributed by atoms with Crippen LogP contribution in [-0.4, -0.2) is 24.7 Å². The van der Waals surface area contributed by atoms with Gasteiger partial charge in [-0.05, 0) is 31.9 Å². The number of terminal acetylenes is 1. The lowest BCUT2D eigenvalue weighted by Gasteiger charge is -1.95. The molecule has 2 N–H and O–H groups in total. The fourth-order valence-corrected chi connectivity index (χ4v) is 2.06. The van der Waals surface area contributed by atoms with Gasteiger partial charge in [0.05, 0.1) is 4.90 Å². The van der Waals surface area contributed by atoms with Crippen LogP contribution in [0.1, 0.15) is 44.1 Å².